The maximum atomic E-state index is 9.00. The number of hydrogen-bond acceptors (Lipinski definition) is 5. The van der Waals surface area contributed by atoms with Crippen molar-refractivity contribution in [2.45, 2.75) is 0 Å². The lowest BCUT2D eigenvalue weighted by Crippen LogP contribution is -1.89. The normalized spacial score (nSPS) is 10.8. The maximum Gasteiger partial charge on any atom is 0.223 e. The number of hydrazone groups is 1. The lowest BCUT2D eigenvalue weighted by molar-refractivity contribution is 0.458. The third-order valence-electron chi connectivity index (χ3n) is 1.74. The SMILES string of the molecule is Oc1csc(N/N=C/c2ccc(Br)cc2)n1. The molecule has 0 aliphatic rings. The van der Waals surface area contributed by atoms with E-state index in [2.05, 4.69) is 31.4 Å². The third kappa shape index (κ3) is 3.04. The molecule has 4 nitrogen and oxygen atoms in total. The van der Waals surface area contributed by atoms with Crippen LogP contribution in [0.15, 0.2) is 39.2 Å². The number of nitrogens with zero attached hydrogens (tertiary/aromatic N) is 2. The minimum atomic E-state index is 0.00587. The van der Waals surface area contributed by atoms with E-state index >= 15 is 0 Å². The molecule has 0 spiro atoms. The number of halogens is 1. The van der Waals surface area contributed by atoms with Crippen LogP contribution in [0.1, 0.15) is 5.56 Å². The van der Waals surface area contributed by atoms with Gasteiger partial charge in [-0.3, -0.25) is 5.43 Å². The summed E-state index contributed by atoms with van der Waals surface area (Å²) in [4.78, 5) is 3.80. The van der Waals surface area contributed by atoms with Gasteiger partial charge < -0.3 is 5.11 Å². The van der Waals surface area contributed by atoms with Crippen LogP contribution in [0.2, 0.25) is 0 Å². The molecule has 82 valence electrons. The Labute approximate surface area is 105 Å². The minimum absolute atomic E-state index is 0.00587. The van der Waals surface area contributed by atoms with Gasteiger partial charge in [-0.15, -0.1) is 0 Å². The first-order chi connectivity index (χ1) is 7.74. The topological polar surface area (TPSA) is 57.5 Å². The lowest BCUT2D eigenvalue weighted by atomic mass is 10.2. The van der Waals surface area contributed by atoms with E-state index in [1.165, 1.54) is 16.7 Å². The van der Waals surface area contributed by atoms with E-state index in [0.717, 1.165) is 10.0 Å². The molecule has 1 heterocycles. The fourth-order valence-corrected chi connectivity index (χ4v) is 1.81. The largest absolute Gasteiger partial charge is 0.493 e. The van der Waals surface area contributed by atoms with Gasteiger partial charge in [0.25, 0.3) is 0 Å². The molecule has 2 rings (SSSR count). The molecule has 2 N–H and O–H groups in total. The molecule has 0 unspecified atom stereocenters. The van der Waals surface area contributed by atoms with Crippen molar-refractivity contribution in [3.05, 3.63) is 39.7 Å². The summed E-state index contributed by atoms with van der Waals surface area (Å²) >= 11 is 4.65. The number of nitrogens with one attached hydrogen (secondary N) is 1. The van der Waals surface area contributed by atoms with Gasteiger partial charge in [0.1, 0.15) is 0 Å². The second-order valence-electron chi connectivity index (χ2n) is 2.93. The Bertz CT molecular complexity index is 495. The molecule has 0 fully saturated rings. The van der Waals surface area contributed by atoms with Crippen LogP contribution in [0.3, 0.4) is 0 Å². The smallest absolute Gasteiger partial charge is 0.223 e. The van der Waals surface area contributed by atoms with Crippen molar-refractivity contribution in [3.8, 4) is 5.88 Å². The average molecular weight is 298 g/mol. The van der Waals surface area contributed by atoms with Gasteiger partial charge >= 0.3 is 0 Å². The first-order valence-electron chi connectivity index (χ1n) is 4.43. The molecule has 0 bridgehead atoms. The molecule has 1 aromatic heterocycles. The van der Waals surface area contributed by atoms with Crippen molar-refractivity contribution in [2.24, 2.45) is 5.10 Å². The second-order valence-corrected chi connectivity index (χ2v) is 4.71. The van der Waals surface area contributed by atoms with Crippen LogP contribution in [0.5, 0.6) is 5.88 Å². The summed E-state index contributed by atoms with van der Waals surface area (Å²) in [5, 5.41) is 15.1. The molecule has 0 atom stereocenters. The summed E-state index contributed by atoms with van der Waals surface area (Å²) in [6.45, 7) is 0. The summed E-state index contributed by atoms with van der Waals surface area (Å²) in [5.41, 5.74) is 3.72. The van der Waals surface area contributed by atoms with E-state index in [0.29, 0.717) is 5.13 Å². The van der Waals surface area contributed by atoms with Crippen molar-refractivity contribution in [1.29, 1.82) is 0 Å². The summed E-state index contributed by atoms with van der Waals surface area (Å²) in [5.74, 6) is 0.00587. The molecule has 0 radical (unpaired) electrons. The van der Waals surface area contributed by atoms with E-state index in [4.69, 9.17) is 5.11 Å². The van der Waals surface area contributed by atoms with Crippen LogP contribution < -0.4 is 5.43 Å². The first-order valence-corrected chi connectivity index (χ1v) is 6.10. The predicted molar refractivity (Wildman–Crippen MR) is 69.1 cm³/mol. The van der Waals surface area contributed by atoms with Gasteiger partial charge in [0, 0.05) is 4.47 Å². The number of aromatic nitrogens is 1. The molecule has 0 amide bonds. The van der Waals surface area contributed by atoms with Crippen LogP contribution >= 0.6 is 27.3 Å². The average Bonchev–Trinajstić information content (AvgIpc) is 2.67. The van der Waals surface area contributed by atoms with Gasteiger partial charge in [-0.05, 0) is 17.7 Å². The van der Waals surface area contributed by atoms with E-state index < -0.39 is 0 Å². The quantitative estimate of drug-likeness (QED) is 0.676. The van der Waals surface area contributed by atoms with Crippen molar-refractivity contribution in [1.82, 2.24) is 4.98 Å². The van der Waals surface area contributed by atoms with E-state index in [9.17, 15) is 0 Å². The zero-order valence-electron chi connectivity index (χ0n) is 8.09. The van der Waals surface area contributed by atoms with Gasteiger partial charge in [0.15, 0.2) is 0 Å². The van der Waals surface area contributed by atoms with E-state index in [1.54, 1.807) is 6.21 Å². The number of benzene rings is 1. The molecule has 1 aromatic carbocycles. The van der Waals surface area contributed by atoms with Gasteiger partial charge in [-0.25, -0.2) is 0 Å². The van der Waals surface area contributed by atoms with Gasteiger partial charge in [-0.2, -0.15) is 10.1 Å². The summed E-state index contributed by atoms with van der Waals surface area (Å²) in [6.07, 6.45) is 1.69. The van der Waals surface area contributed by atoms with Crippen molar-refractivity contribution in [2.75, 3.05) is 5.43 Å². The summed E-state index contributed by atoms with van der Waals surface area (Å²) in [7, 11) is 0. The molecular weight excluding hydrogens is 290 g/mol. The Morgan fingerprint density at radius 1 is 1.38 bits per heavy atom. The van der Waals surface area contributed by atoms with Crippen LogP contribution in [0.4, 0.5) is 5.13 Å². The Morgan fingerprint density at radius 2 is 2.12 bits per heavy atom. The van der Waals surface area contributed by atoms with Crippen LogP contribution in [0.25, 0.3) is 0 Å². The van der Waals surface area contributed by atoms with Crippen molar-refractivity contribution < 1.29 is 5.11 Å². The molecule has 16 heavy (non-hydrogen) atoms. The first kappa shape index (κ1) is 11.1. The fourth-order valence-electron chi connectivity index (χ4n) is 1.03. The highest BCUT2D eigenvalue weighted by atomic mass is 79.9. The Balaban J connectivity index is 1.97. The minimum Gasteiger partial charge on any atom is -0.493 e. The lowest BCUT2D eigenvalue weighted by Gasteiger charge is -1.94. The number of thiazole rings is 1. The standard InChI is InChI=1S/C10H8BrN3OS/c11-8-3-1-7(2-4-8)5-12-14-10-13-9(15)6-16-10/h1-6,15H,(H,13,14)/b12-5+. The molecule has 0 aliphatic carbocycles. The number of aromatic hydroxyl groups is 1. The second kappa shape index (κ2) is 5.09. The van der Waals surface area contributed by atoms with Crippen molar-refractivity contribution in [3.63, 3.8) is 0 Å². The third-order valence-corrected chi connectivity index (χ3v) is 3.00. The zero-order valence-corrected chi connectivity index (χ0v) is 10.5. The Hall–Kier alpha value is -1.40. The molecule has 0 saturated heterocycles. The number of anilines is 1. The summed E-state index contributed by atoms with van der Waals surface area (Å²) < 4.78 is 1.03. The molecule has 0 aliphatic heterocycles. The monoisotopic (exact) mass is 297 g/mol. The van der Waals surface area contributed by atoms with Gasteiger partial charge in [-0.1, -0.05) is 39.4 Å². The summed E-state index contributed by atoms with van der Waals surface area (Å²) in [6, 6.07) is 7.76. The highest BCUT2D eigenvalue weighted by Gasteiger charge is 1.96. The Morgan fingerprint density at radius 3 is 2.75 bits per heavy atom. The predicted octanol–water partition coefficient (Wildman–Crippen LogP) is 3.06. The van der Waals surface area contributed by atoms with Gasteiger partial charge in [0.05, 0.1) is 11.6 Å². The zero-order chi connectivity index (χ0) is 11.4. The molecular formula is C10H8BrN3OS. The van der Waals surface area contributed by atoms with Crippen LogP contribution in [-0.2, 0) is 0 Å². The van der Waals surface area contributed by atoms with Crippen LogP contribution in [0, 0.1) is 0 Å². The maximum absolute atomic E-state index is 9.00. The van der Waals surface area contributed by atoms with Crippen LogP contribution in [-0.4, -0.2) is 16.3 Å². The number of rotatable bonds is 3. The van der Waals surface area contributed by atoms with Crippen molar-refractivity contribution >= 4 is 38.6 Å². The molecule has 0 saturated carbocycles. The highest BCUT2D eigenvalue weighted by Crippen LogP contribution is 2.19. The Kier molecular flexibility index (Phi) is 3.53. The fraction of sp³-hybridized carbons (Fsp3) is 0. The number of hydrogen-bond donors (Lipinski definition) is 2. The van der Waals surface area contributed by atoms with Gasteiger partial charge in [0.2, 0.25) is 11.0 Å². The highest BCUT2D eigenvalue weighted by molar-refractivity contribution is 9.10. The molecule has 6 heteroatoms. The van der Waals surface area contributed by atoms with E-state index in [1.807, 2.05) is 24.3 Å². The molecule has 2 aromatic rings. The van der Waals surface area contributed by atoms with E-state index in [-0.39, 0.29) is 5.88 Å².